The molecule has 3 heteroatoms. The van der Waals surface area contributed by atoms with Gasteiger partial charge in [-0.2, -0.15) is 13.2 Å². The predicted octanol–water partition coefficient (Wildman–Crippen LogP) is 4.61. The maximum atomic E-state index is 12.1. The summed E-state index contributed by atoms with van der Waals surface area (Å²) in [4.78, 5) is 0. The number of hydrogen-bond acceptors (Lipinski definition) is 0. The Kier molecular flexibility index (Phi) is 3.77. The van der Waals surface area contributed by atoms with Crippen molar-refractivity contribution >= 4 is 0 Å². The Labute approximate surface area is 88.1 Å². The average molecular weight is 216 g/mol. The summed E-state index contributed by atoms with van der Waals surface area (Å²) in [6, 6.07) is 5.49. The lowest BCUT2D eigenvalue weighted by Gasteiger charge is -2.06. The molecule has 0 aromatic heterocycles. The fraction of sp³-hybridized carbons (Fsp3) is 0.500. The van der Waals surface area contributed by atoms with E-state index < -0.39 is 11.7 Å². The molecule has 0 amide bonds. The quantitative estimate of drug-likeness (QED) is 0.643. The smallest absolute Gasteiger partial charge is 0.166 e. The number of hydrogen-bond donors (Lipinski definition) is 0. The monoisotopic (exact) mass is 216 g/mol. The fourth-order valence-electron chi connectivity index (χ4n) is 1.36. The molecule has 1 aromatic carbocycles. The summed E-state index contributed by atoms with van der Waals surface area (Å²) in [5, 5.41) is 0. The van der Waals surface area contributed by atoms with E-state index in [2.05, 4.69) is 0 Å². The van der Waals surface area contributed by atoms with Gasteiger partial charge in [0.15, 0.2) is 0 Å². The minimum atomic E-state index is -4.21. The van der Waals surface area contributed by atoms with Gasteiger partial charge in [-0.1, -0.05) is 26.0 Å². The minimum absolute atomic E-state index is 0.516. The Morgan fingerprint density at radius 3 is 1.80 bits per heavy atom. The maximum Gasteiger partial charge on any atom is 0.416 e. The number of rotatable bonds is 1. The molecular weight excluding hydrogens is 201 g/mol. The zero-order chi connectivity index (χ0) is 11.5. The van der Waals surface area contributed by atoms with Gasteiger partial charge in [0.1, 0.15) is 0 Å². The zero-order valence-electron chi connectivity index (χ0n) is 8.93. The number of halogens is 3. The summed E-state index contributed by atoms with van der Waals surface area (Å²) < 4.78 is 36.4. The molecule has 1 fully saturated rings. The first-order valence-corrected chi connectivity index (χ1v) is 5.24. The van der Waals surface area contributed by atoms with Gasteiger partial charge in [-0.25, -0.2) is 0 Å². The van der Waals surface area contributed by atoms with Crippen LogP contribution >= 0.6 is 0 Å². The third-order valence-corrected chi connectivity index (χ3v) is 2.29. The van der Waals surface area contributed by atoms with Gasteiger partial charge in [-0.05, 0) is 36.5 Å². The second-order valence-corrected chi connectivity index (χ2v) is 3.39. The second-order valence-electron chi connectivity index (χ2n) is 3.39. The van der Waals surface area contributed by atoms with Gasteiger partial charge in [-0.15, -0.1) is 0 Å². The molecular formula is C12H15F3. The van der Waals surface area contributed by atoms with Crippen LogP contribution in [0.5, 0.6) is 0 Å². The summed E-state index contributed by atoms with van der Waals surface area (Å²) in [6.07, 6.45) is -1.97. The van der Waals surface area contributed by atoms with E-state index in [1.807, 2.05) is 13.8 Å². The van der Waals surface area contributed by atoms with Crippen molar-refractivity contribution < 1.29 is 13.2 Å². The first-order chi connectivity index (χ1) is 7.07. The van der Waals surface area contributed by atoms with Crippen molar-refractivity contribution in [3.05, 3.63) is 35.4 Å². The van der Waals surface area contributed by atoms with E-state index in [0.29, 0.717) is 5.92 Å². The van der Waals surface area contributed by atoms with Crippen molar-refractivity contribution in [3.63, 3.8) is 0 Å². The number of alkyl halides is 3. The Morgan fingerprint density at radius 1 is 1.00 bits per heavy atom. The van der Waals surface area contributed by atoms with Gasteiger partial charge in [0.25, 0.3) is 0 Å². The Bertz CT molecular complexity index is 294. The van der Waals surface area contributed by atoms with Crippen LogP contribution in [0.3, 0.4) is 0 Å². The van der Waals surface area contributed by atoms with Crippen LogP contribution in [0.2, 0.25) is 0 Å². The highest BCUT2D eigenvalue weighted by molar-refractivity contribution is 5.29. The lowest BCUT2D eigenvalue weighted by atomic mass is 10.1. The van der Waals surface area contributed by atoms with Crippen LogP contribution in [-0.4, -0.2) is 0 Å². The van der Waals surface area contributed by atoms with Gasteiger partial charge in [0.2, 0.25) is 0 Å². The maximum absolute atomic E-state index is 12.1. The lowest BCUT2D eigenvalue weighted by Crippen LogP contribution is -2.04. The third kappa shape index (κ3) is 3.26. The third-order valence-electron chi connectivity index (χ3n) is 2.29. The van der Waals surface area contributed by atoms with E-state index in [9.17, 15) is 13.2 Å². The fourth-order valence-corrected chi connectivity index (χ4v) is 1.36. The van der Waals surface area contributed by atoms with Crippen LogP contribution in [0.25, 0.3) is 0 Å². The first-order valence-electron chi connectivity index (χ1n) is 5.24. The van der Waals surface area contributed by atoms with Crippen molar-refractivity contribution in [2.24, 2.45) is 0 Å². The highest BCUT2D eigenvalue weighted by atomic mass is 19.4. The van der Waals surface area contributed by atoms with Crippen molar-refractivity contribution in [3.8, 4) is 0 Å². The van der Waals surface area contributed by atoms with Crippen LogP contribution in [-0.2, 0) is 6.18 Å². The molecule has 2 rings (SSSR count). The molecule has 1 aliphatic rings. The summed E-state index contributed by atoms with van der Waals surface area (Å²) in [6.45, 7) is 4.00. The Morgan fingerprint density at radius 2 is 1.47 bits per heavy atom. The molecule has 0 radical (unpaired) electrons. The summed E-state index contributed by atoms with van der Waals surface area (Å²) in [5.74, 6) is 0.516. The molecule has 0 unspecified atom stereocenters. The average Bonchev–Trinajstić information content (AvgIpc) is 3.03. The molecule has 1 aromatic rings. The van der Waals surface area contributed by atoms with Crippen LogP contribution < -0.4 is 0 Å². The van der Waals surface area contributed by atoms with Gasteiger partial charge in [-0.3, -0.25) is 0 Å². The van der Waals surface area contributed by atoms with Gasteiger partial charge >= 0.3 is 6.18 Å². The molecule has 0 spiro atoms. The molecule has 0 atom stereocenters. The van der Waals surface area contributed by atoms with Crippen LogP contribution in [0.1, 0.15) is 43.7 Å². The molecule has 0 aliphatic heterocycles. The SMILES string of the molecule is CC.FC(F)(F)c1ccc(C2CC2)cc1. The van der Waals surface area contributed by atoms with Gasteiger partial charge < -0.3 is 0 Å². The molecule has 84 valence electrons. The molecule has 15 heavy (non-hydrogen) atoms. The van der Waals surface area contributed by atoms with E-state index in [4.69, 9.17) is 0 Å². The normalized spacial score (nSPS) is 15.5. The Balaban J connectivity index is 0.000000531. The van der Waals surface area contributed by atoms with Crippen molar-refractivity contribution in [1.82, 2.24) is 0 Å². The molecule has 1 saturated carbocycles. The van der Waals surface area contributed by atoms with E-state index in [1.165, 1.54) is 0 Å². The second kappa shape index (κ2) is 4.69. The lowest BCUT2D eigenvalue weighted by molar-refractivity contribution is -0.137. The highest BCUT2D eigenvalue weighted by Gasteiger charge is 2.31. The largest absolute Gasteiger partial charge is 0.416 e. The van der Waals surface area contributed by atoms with Crippen LogP contribution in [0, 0.1) is 0 Å². The summed E-state index contributed by atoms with van der Waals surface area (Å²) in [5.41, 5.74) is 0.477. The molecule has 1 aliphatic carbocycles. The predicted molar refractivity (Wildman–Crippen MR) is 54.8 cm³/mol. The topological polar surface area (TPSA) is 0 Å². The van der Waals surface area contributed by atoms with E-state index in [1.54, 1.807) is 12.1 Å². The van der Waals surface area contributed by atoms with Crippen LogP contribution in [0.15, 0.2) is 24.3 Å². The first kappa shape index (κ1) is 12.1. The van der Waals surface area contributed by atoms with Gasteiger partial charge in [0, 0.05) is 0 Å². The van der Waals surface area contributed by atoms with E-state index in [0.717, 1.165) is 30.5 Å². The molecule has 0 saturated heterocycles. The molecule has 0 nitrogen and oxygen atoms in total. The zero-order valence-corrected chi connectivity index (χ0v) is 8.93. The number of benzene rings is 1. The van der Waals surface area contributed by atoms with E-state index in [-0.39, 0.29) is 0 Å². The van der Waals surface area contributed by atoms with E-state index >= 15 is 0 Å². The molecule has 0 bridgehead atoms. The summed E-state index contributed by atoms with van der Waals surface area (Å²) >= 11 is 0. The minimum Gasteiger partial charge on any atom is -0.166 e. The van der Waals surface area contributed by atoms with Crippen molar-refractivity contribution in [2.45, 2.75) is 38.8 Å². The standard InChI is InChI=1S/C10H9F3.C2H6/c11-10(12,13)9-5-3-8(4-6-9)7-1-2-7;1-2/h3-7H,1-2H2;1-2H3. The Hall–Kier alpha value is -0.990. The summed E-state index contributed by atoms with van der Waals surface area (Å²) in [7, 11) is 0. The van der Waals surface area contributed by atoms with Gasteiger partial charge in [0.05, 0.1) is 5.56 Å². The van der Waals surface area contributed by atoms with Crippen molar-refractivity contribution in [2.75, 3.05) is 0 Å². The molecule has 0 N–H and O–H groups in total. The van der Waals surface area contributed by atoms with Crippen molar-refractivity contribution in [1.29, 1.82) is 0 Å². The van der Waals surface area contributed by atoms with Crippen LogP contribution in [0.4, 0.5) is 13.2 Å². The highest BCUT2D eigenvalue weighted by Crippen LogP contribution is 2.40. The molecule has 0 heterocycles.